The van der Waals surface area contributed by atoms with E-state index in [1.54, 1.807) is 55.7 Å². The Morgan fingerprint density at radius 2 is 1.69 bits per heavy atom. The number of rotatable bonds is 8. The van der Waals surface area contributed by atoms with Crippen LogP contribution in [-0.4, -0.2) is 37.8 Å². The standard InChI is InChI=1S/C23H27N3O5S/c1-15(2)14-31-18-9-7-17(8-10-18)22(28)25-26-23(32)24-21(27)12-6-16-5-11-19(29-3)20(13-16)30-4/h5-13,15H,14H2,1-4H3,(H,25,28)(H2,24,26,27,32)/b12-6+. The number of hydrogen-bond acceptors (Lipinski definition) is 6. The van der Waals surface area contributed by atoms with Crippen molar-refractivity contribution in [2.45, 2.75) is 13.8 Å². The quantitative estimate of drug-likeness (QED) is 0.318. The molecule has 0 aliphatic heterocycles. The van der Waals surface area contributed by atoms with Crippen LogP contribution in [0.5, 0.6) is 17.2 Å². The van der Waals surface area contributed by atoms with E-state index in [9.17, 15) is 9.59 Å². The zero-order valence-electron chi connectivity index (χ0n) is 18.4. The summed E-state index contributed by atoms with van der Waals surface area (Å²) in [5.41, 5.74) is 6.09. The van der Waals surface area contributed by atoms with Gasteiger partial charge < -0.3 is 14.2 Å². The zero-order valence-corrected chi connectivity index (χ0v) is 19.2. The maximum absolute atomic E-state index is 12.2. The number of amides is 2. The van der Waals surface area contributed by atoms with E-state index < -0.39 is 11.8 Å². The molecule has 2 amide bonds. The van der Waals surface area contributed by atoms with E-state index in [1.165, 1.54) is 13.2 Å². The van der Waals surface area contributed by atoms with Gasteiger partial charge in [0.05, 0.1) is 20.8 Å². The number of hydrazine groups is 1. The molecule has 3 N–H and O–H groups in total. The van der Waals surface area contributed by atoms with E-state index in [0.717, 1.165) is 5.56 Å². The fourth-order valence-electron chi connectivity index (χ4n) is 2.46. The molecule has 0 radical (unpaired) electrons. The van der Waals surface area contributed by atoms with Gasteiger partial charge in [-0.15, -0.1) is 0 Å². The highest BCUT2D eigenvalue weighted by Crippen LogP contribution is 2.27. The number of thiocarbonyl (C=S) groups is 1. The van der Waals surface area contributed by atoms with Crippen LogP contribution in [0.2, 0.25) is 0 Å². The molecule has 0 aromatic heterocycles. The summed E-state index contributed by atoms with van der Waals surface area (Å²) in [6.07, 6.45) is 2.91. The van der Waals surface area contributed by atoms with Crippen LogP contribution in [0.25, 0.3) is 6.08 Å². The summed E-state index contributed by atoms with van der Waals surface area (Å²) < 4.78 is 16.0. The average Bonchev–Trinajstić information content (AvgIpc) is 2.79. The molecule has 0 bridgehead atoms. The normalized spacial score (nSPS) is 10.5. The van der Waals surface area contributed by atoms with Crippen molar-refractivity contribution in [3.05, 3.63) is 59.7 Å². The predicted octanol–water partition coefficient (Wildman–Crippen LogP) is 3.09. The first kappa shape index (κ1) is 24.7. The lowest BCUT2D eigenvalue weighted by atomic mass is 10.2. The minimum absolute atomic E-state index is 0.0443. The molecular formula is C23H27N3O5S. The molecule has 9 heteroatoms. The highest BCUT2D eigenvalue weighted by atomic mass is 32.1. The lowest BCUT2D eigenvalue weighted by Gasteiger charge is -2.11. The molecule has 170 valence electrons. The van der Waals surface area contributed by atoms with Crippen molar-refractivity contribution in [1.29, 1.82) is 0 Å². The Labute approximate surface area is 192 Å². The van der Waals surface area contributed by atoms with Crippen molar-refractivity contribution in [1.82, 2.24) is 16.2 Å². The highest BCUT2D eigenvalue weighted by Gasteiger charge is 2.08. The molecule has 0 saturated heterocycles. The minimum Gasteiger partial charge on any atom is -0.493 e. The van der Waals surface area contributed by atoms with Gasteiger partial charge in [0.1, 0.15) is 5.75 Å². The molecule has 0 aliphatic carbocycles. The van der Waals surface area contributed by atoms with Gasteiger partial charge in [-0.1, -0.05) is 19.9 Å². The molecule has 0 unspecified atom stereocenters. The Kier molecular flexibility index (Phi) is 9.49. The first-order valence-electron chi connectivity index (χ1n) is 9.86. The molecule has 0 spiro atoms. The van der Waals surface area contributed by atoms with Gasteiger partial charge in [-0.2, -0.15) is 0 Å². The maximum Gasteiger partial charge on any atom is 0.269 e. The van der Waals surface area contributed by atoms with Crippen LogP contribution in [0.4, 0.5) is 0 Å². The molecule has 0 fully saturated rings. The van der Waals surface area contributed by atoms with Crippen LogP contribution in [-0.2, 0) is 4.79 Å². The zero-order chi connectivity index (χ0) is 23.5. The smallest absolute Gasteiger partial charge is 0.269 e. The number of benzene rings is 2. The van der Waals surface area contributed by atoms with Crippen molar-refractivity contribution >= 4 is 35.2 Å². The molecule has 2 aromatic rings. The summed E-state index contributed by atoms with van der Waals surface area (Å²) >= 11 is 5.03. The van der Waals surface area contributed by atoms with Crippen molar-refractivity contribution in [2.24, 2.45) is 5.92 Å². The number of methoxy groups -OCH3 is 2. The van der Waals surface area contributed by atoms with Gasteiger partial charge >= 0.3 is 0 Å². The number of hydrogen-bond donors (Lipinski definition) is 3. The second-order valence-corrected chi connectivity index (χ2v) is 7.48. The molecule has 2 rings (SSSR count). The van der Waals surface area contributed by atoms with E-state index in [4.69, 9.17) is 26.4 Å². The number of nitrogens with one attached hydrogen (secondary N) is 3. The third kappa shape index (κ3) is 7.92. The predicted molar refractivity (Wildman–Crippen MR) is 127 cm³/mol. The van der Waals surface area contributed by atoms with Gasteiger partial charge in [0.2, 0.25) is 5.91 Å². The summed E-state index contributed by atoms with van der Waals surface area (Å²) in [5.74, 6) is 1.37. The third-order valence-corrected chi connectivity index (χ3v) is 4.27. The summed E-state index contributed by atoms with van der Waals surface area (Å²) in [4.78, 5) is 24.3. The van der Waals surface area contributed by atoms with Crippen LogP contribution in [0.3, 0.4) is 0 Å². The largest absolute Gasteiger partial charge is 0.493 e. The van der Waals surface area contributed by atoms with Gasteiger partial charge in [0.15, 0.2) is 16.6 Å². The summed E-state index contributed by atoms with van der Waals surface area (Å²) in [6.45, 7) is 4.71. The van der Waals surface area contributed by atoms with Crippen molar-refractivity contribution < 1.29 is 23.8 Å². The van der Waals surface area contributed by atoms with Crippen LogP contribution in [0.1, 0.15) is 29.8 Å². The Bertz CT molecular complexity index is 974. The van der Waals surface area contributed by atoms with E-state index in [1.807, 2.05) is 0 Å². The Balaban J connectivity index is 1.81. The number of ether oxygens (including phenoxy) is 3. The molecular weight excluding hydrogens is 430 g/mol. The van der Waals surface area contributed by atoms with Crippen molar-refractivity contribution in [3.8, 4) is 17.2 Å². The number of carbonyl (C=O) groups excluding carboxylic acids is 2. The van der Waals surface area contributed by atoms with E-state index in [2.05, 4.69) is 30.0 Å². The van der Waals surface area contributed by atoms with Crippen LogP contribution in [0, 0.1) is 5.92 Å². The fourth-order valence-corrected chi connectivity index (χ4v) is 2.62. The van der Waals surface area contributed by atoms with Crippen molar-refractivity contribution in [2.75, 3.05) is 20.8 Å². The SMILES string of the molecule is COc1ccc(/C=C/C(=O)NC(=S)NNC(=O)c2ccc(OCC(C)C)cc2)cc1OC. The van der Waals surface area contributed by atoms with Crippen LogP contribution >= 0.6 is 12.2 Å². The van der Waals surface area contributed by atoms with Gasteiger partial charge in [-0.3, -0.25) is 25.8 Å². The van der Waals surface area contributed by atoms with Crippen LogP contribution < -0.4 is 30.4 Å². The topological polar surface area (TPSA) is 97.9 Å². The van der Waals surface area contributed by atoms with Gasteiger partial charge in [0.25, 0.3) is 5.91 Å². The molecule has 32 heavy (non-hydrogen) atoms. The first-order chi connectivity index (χ1) is 15.3. The van der Waals surface area contributed by atoms with E-state index in [0.29, 0.717) is 35.3 Å². The Hall–Kier alpha value is -3.59. The minimum atomic E-state index is -0.460. The van der Waals surface area contributed by atoms with Crippen molar-refractivity contribution in [3.63, 3.8) is 0 Å². The average molecular weight is 458 g/mol. The Morgan fingerprint density at radius 3 is 2.31 bits per heavy atom. The summed E-state index contributed by atoms with van der Waals surface area (Å²) in [6, 6.07) is 12.0. The highest BCUT2D eigenvalue weighted by molar-refractivity contribution is 7.80. The molecule has 0 saturated carbocycles. The second-order valence-electron chi connectivity index (χ2n) is 7.07. The lowest BCUT2D eigenvalue weighted by Crippen LogP contribution is -2.48. The molecule has 0 aliphatic rings. The van der Waals surface area contributed by atoms with E-state index in [-0.39, 0.29) is 5.11 Å². The van der Waals surface area contributed by atoms with Crippen LogP contribution in [0.15, 0.2) is 48.5 Å². The number of carbonyl (C=O) groups is 2. The second kappa shape index (κ2) is 12.3. The maximum atomic E-state index is 12.2. The third-order valence-electron chi connectivity index (χ3n) is 4.06. The first-order valence-corrected chi connectivity index (χ1v) is 10.3. The fraction of sp³-hybridized carbons (Fsp3) is 0.261. The summed E-state index contributed by atoms with van der Waals surface area (Å²) in [5, 5.41) is 2.40. The molecule has 0 atom stereocenters. The van der Waals surface area contributed by atoms with E-state index >= 15 is 0 Å². The molecule has 8 nitrogen and oxygen atoms in total. The van der Waals surface area contributed by atoms with Gasteiger partial charge in [-0.05, 0) is 66.2 Å². The summed E-state index contributed by atoms with van der Waals surface area (Å²) in [7, 11) is 3.08. The monoisotopic (exact) mass is 457 g/mol. The molecule has 0 heterocycles. The van der Waals surface area contributed by atoms with Gasteiger partial charge in [0, 0.05) is 11.6 Å². The van der Waals surface area contributed by atoms with Gasteiger partial charge in [-0.25, -0.2) is 0 Å². The Morgan fingerprint density at radius 1 is 1.00 bits per heavy atom. The molecule has 2 aromatic carbocycles. The lowest BCUT2D eigenvalue weighted by molar-refractivity contribution is -0.115.